The van der Waals surface area contributed by atoms with Gasteiger partial charge in [-0.25, -0.2) is 9.78 Å². The van der Waals surface area contributed by atoms with Crippen LogP contribution in [-0.4, -0.2) is 16.0 Å². The monoisotopic (exact) mass is 336 g/mol. The number of benzene rings is 1. The van der Waals surface area contributed by atoms with E-state index in [1.54, 1.807) is 12.4 Å². The number of nitrogens with one attached hydrogen (secondary N) is 3. The van der Waals surface area contributed by atoms with Gasteiger partial charge in [-0.05, 0) is 30.2 Å². The Balaban J connectivity index is 2.00. The molecule has 6 heteroatoms. The number of halogens is 1. The highest BCUT2D eigenvalue weighted by Gasteiger charge is 2.20. The van der Waals surface area contributed by atoms with Gasteiger partial charge < -0.3 is 15.6 Å². The lowest BCUT2D eigenvalue weighted by molar-refractivity contribution is 0.244. The number of hydrogen-bond acceptors (Lipinski definition) is 2. The molecule has 0 aliphatic heterocycles. The molecule has 0 aliphatic carbocycles. The number of aromatic nitrogens is 2. The second-order valence-corrected chi connectivity index (χ2v) is 5.72. The summed E-state index contributed by atoms with van der Waals surface area (Å²) in [4.78, 5) is 19.3. The Hall–Kier alpha value is -1.82. The Morgan fingerprint density at radius 1 is 1.30 bits per heavy atom. The quantitative estimate of drug-likeness (QED) is 0.796. The van der Waals surface area contributed by atoms with Crippen LogP contribution in [0.1, 0.15) is 25.7 Å². The van der Waals surface area contributed by atoms with Crippen LogP contribution >= 0.6 is 15.9 Å². The molecular formula is C14H17BrN4O. The first-order valence-electron chi connectivity index (χ1n) is 6.38. The first kappa shape index (κ1) is 14.6. The van der Waals surface area contributed by atoms with E-state index in [0.717, 1.165) is 16.0 Å². The van der Waals surface area contributed by atoms with Gasteiger partial charge in [-0.3, -0.25) is 0 Å². The number of nitrogens with zero attached hydrogens (tertiary/aromatic N) is 1. The number of aromatic amines is 1. The number of urea groups is 1. The van der Waals surface area contributed by atoms with Gasteiger partial charge in [0.2, 0.25) is 0 Å². The van der Waals surface area contributed by atoms with Gasteiger partial charge in [-0.2, -0.15) is 0 Å². The molecule has 106 valence electrons. The molecule has 0 aliphatic rings. The zero-order chi connectivity index (χ0) is 14.5. The SMILES string of the molecule is CC(C)[C@H](NC(=O)Nc1ccc(Br)cc1)c1ncc[nH]1. The van der Waals surface area contributed by atoms with Crippen LogP contribution in [0.25, 0.3) is 0 Å². The molecule has 1 atom stereocenters. The third-order valence-electron chi connectivity index (χ3n) is 2.87. The molecule has 20 heavy (non-hydrogen) atoms. The van der Waals surface area contributed by atoms with Crippen molar-refractivity contribution in [1.29, 1.82) is 0 Å². The van der Waals surface area contributed by atoms with Gasteiger partial charge in [-0.1, -0.05) is 29.8 Å². The van der Waals surface area contributed by atoms with Crippen LogP contribution in [0, 0.1) is 5.92 Å². The minimum absolute atomic E-state index is 0.152. The number of amides is 2. The lowest BCUT2D eigenvalue weighted by Gasteiger charge is -2.20. The van der Waals surface area contributed by atoms with E-state index in [0.29, 0.717) is 0 Å². The number of hydrogen-bond donors (Lipinski definition) is 3. The highest BCUT2D eigenvalue weighted by molar-refractivity contribution is 9.10. The Kier molecular flexibility index (Phi) is 4.79. The van der Waals surface area contributed by atoms with Gasteiger partial charge in [0, 0.05) is 22.6 Å². The summed E-state index contributed by atoms with van der Waals surface area (Å²) >= 11 is 3.36. The van der Waals surface area contributed by atoms with Gasteiger partial charge >= 0.3 is 6.03 Å². The summed E-state index contributed by atoms with van der Waals surface area (Å²) in [6.07, 6.45) is 3.43. The van der Waals surface area contributed by atoms with E-state index in [1.165, 1.54) is 0 Å². The molecule has 0 saturated carbocycles. The van der Waals surface area contributed by atoms with Gasteiger partial charge in [0.15, 0.2) is 0 Å². The maximum atomic E-state index is 12.0. The van der Waals surface area contributed by atoms with E-state index >= 15 is 0 Å². The van der Waals surface area contributed by atoms with Crippen LogP contribution in [0.2, 0.25) is 0 Å². The van der Waals surface area contributed by atoms with E-state index in [-0.39, 0.29) is 18.0 Å². The number of rotatable bonds is 4. The standard InChI is InChI=1S/C14H17BrN4O/c1-9(2)12(13-16-7-8-17-13)19-14(20)18-11-5-3-10(15)4-6-11/h3-9,12H,1-2H3,(H,16,17)(H2,18,19,20)/t12-/m0/s1. The van der Waals surface area contributed by atoms with E-state index in [2.05, 4.69) is 36.5 Å². The third-order valence-corrected chi connectivity index (χ3v) is 3.40. The molecule has 0 fully saturated rings. The molecule has 2 amide bonds. The highest BCUT2D eigenvalue weighted by Crippen LogP contribution is 2.18. The lowest BCUT2D eigenvalue weighted by atomic mass is 10.0. The van der Waals surface area contributed by atoms with Crippen LogP contribution in [0.3, 0.4) is 0 Å². The average molecular weight is 337 g/mol. The van der Waals surface area contributed by atoms with Crippen molar-refractivity contribution < 1.29 is 4.79 Å². The molecule has 1 heterocycles. The molecule has 0 saturated heterocycles. The summed E-state index contributed by atoms with van der Waals surface area (Å²) < 4.78 is 0.971. The van der Waals surface area contributed by atoms with E-state index in [9.17, 15) is 4.79 Å². The molecule has 1 aromatic carbocycles. The van der Waals surface area contributed by atoms with Gasteiger partial charge in [-0.15, -0.1) is 0 Å². The lowest BCUT2D eigenvalue weighted by Crippen LogP contribution is -2.35. The molecule has 3 N–H and O–H groups in total. The van der Waals surface area contributed by atoms with Crippen LogP contribution in [0.5, 0.6) is 0 Å². The maximum absolute atomic E-state index is 12.0. The van der Waals surface area contributed by atoms with E-state index in [1.807, 2.05) is 38.1 Å². The minimum atomic E-state index is -0.248. The molecule has 2 rings (SSSR count). The molecule has 0 bridgehead atoms. The van der Waals surface area contributed by atoms with Crippen LogP contribution in [-0.2, 0) is 0 Å². The summed E-state index contributed by atoms with van der Waals surface area (Å²) in [5.74, 6) is 0.989. The fraction of sp³-hybridized carbons (Fsp3) is 0.286. The zero-order valence-corrected chi connectivity index (χ0v) is 12.9. The Labute approximate surface area is 126 Å². The first-order chi connectivity index (χ1) is 9.56. The van der Waals surface area contributed by atoms with Crippen LogP contribution in [0.15, 0.2) is 41.1 Å². The van der Waals surface area contributed by atoms with Gasteiger partial charge in [0.25, 0.3) is 0 Å². The third kappa shape index (κ3) is 3.84. The van der Waals surface area contributed by atoms with E-state index < -0.39 is 0 Å². The zero-order valence-electron chi connectivity index (χ0n) is 11.4. The smallest absolute Gasteiger partial charge is 0.319 e. The van der Waals surface area contributed by atoms with Crippen molar-refractivity contribution in [3.8, 4) is 0 Å². The highest BCUT2D eigenvalue weighted by atomic mass is 79.9. The minimum Gasteiger partial charge on any atom is -0.347 e. The number of anilines is 1. The van der Waals surface area contributed by atoms with Crippen LogP contribution < -0.4 is 10.6 Å². The van der Waals surface area contributed by atoms with Crippen molar-refractivity contribution >= 4 is 27.6 Å². The van der Waals surface area contributed by atoms with Crippen molar-refractivity contribution in [1.82, 2.24) is 15.3 Å². The largest absolute Gasteiger partial charge is 0.347 e. The summed E-state index contributed by atoms with van der Waals surface area (Å²) in [6.45, 7) is 4.07. The predicted molar refractivity (Wildman–Crippen MR) is 82.5 cm³/mol. The van der Waals surface area contributed by atoms with Crippen molar-refractivity contribution in [3.05, 3.63) is 47.0 Å². The van der Waals surface area contributed by atoms with Crippen molar-refractivity contribution in [2.45, 2.75) is 19.9 Å². The van der Waals surface area contributed by atoms with Gasteiger partial charge in [0.05, 0.1) is 6.04 Å². The summed E-state index contributed by atoms with van der Waals surface area (Å²) in [5, 5.41) is 5.73. The number of H-pyrrole nitrogens is 1. The average Bonchev–Trinajstić information content (AvgIpc) is 2.92. The molecule has 0 spiro atoms. The van der Waals surface area contributed by atoms with Crippen molar-refractivity contribution in [3.63, 3.8) is 0 Å². The molecule has 0 unspecified atom stereocenters. The summed E-state index contributed by atoms with van der Waals surface area (Å²) in [5.41, 5.74) is 0.743. The van der Waals surface area contributed by atoms with Crippen molar-refractivity contribution in [2.24, 2.45) is 5.92 Å². The molecule has 5 nitrogen and oxygen atoms in total. The Bertz CT molecular complexity index is 551. The Morgan fingerprint density at radius 2 is 2.00 bits per heavy atom. The predicted octanol–water partition coefficient (Wildman–Crippen LogP) is 3.69. The van der Waals surface area contributed by atoms with Gasteiger partial charge in [0.1, 0.15) is 5.82 Å². The van der Waals surface area contributed by atoms with Crippen LogP contribution in [0.4, 0.5) is 10.5 Å². The number of carbonyl (C=O) groups excluding carboxylic acids is 1. The second kappa shape index (κ2) is 6.56. The number of carbonyl (C=O) groups is 1. The first-order valence-corrected chi connectivity index (χ1v) is 7.18. The molecule has 2 aromatic rings. The second-order valence-electron chi connectivity index (χ2n) is 4.80. The molecular weight excluding hydrogens is 320 g/mol. The van der Waals surface area contributed by atoms with E-state index in [4.69, 9.17) is 0 Å². The fourth-order valence-corrected chi connectivity index (χ4v) is 2.10. The summed E-state index contributed by atoms with van der Waals surface area (Å²) in [6, 6.07) is 7.02. The van der Waals surface area contributed by atoms with Crippen molar-refractivity contribution in [2.75, 3.05) is 5.32 Å². The summed E-state index contributed by atoms with van der Waals surface area (Å²) in [7, 11) is 0. The number of imidazole rings is 1. The fourth-order valence-electron chi connectivity index (χ4n) is 1.84. The Morgan fingerprint density at radius 3 is 2.55 bits per heavy atom. The molecule has 0 radical (unpaired) electrons. The maximum Gasteiger partial charge on any atom is 0.319 e. The molecule has 1 aromatic heterocycles. The topological polar surface area (TPSA) is 69.8 Å². The normalized spacial score (nSPS) is 12.2.